The second-order valence-electron chi connectivity index (χ2n) is 2.95. The first-order valence-electron chi connectivity index (χ1n) is 3.88. The Kier molecular flexibility index (Phi) is 2.23. The Morgan fingerprint density at radius 3 is 2.08 bits per heavy atom. The number of rotatable bonds is 2. The Bertz CT molecular complexity index is 342. The summed E-state index contributed by atoms with van der Waals surface area (Å²) in [5.41, 5.74) is 0.924. The number of carbonyl (C=O) groups excluding carboxylic acids is 2. The topological polar surface area (TPSA) is 59.3 Å². The van der Waals surface area contributed by atoms with E-state index in [1.807, 2.05) is 0 Å². The predicted molar refractivity (Wildman–Crippen MR) is 46.4 cm³/mol. The molecule has 1 aromatic rings. The van der Waals surface area contributed by atoms with Crippen LogP contribution in [0, 0.1) is 6.92 Å². The molecule has 1 N–H and O–H groups in total. The molecule has 13 heavy (non-hydrogen) atoms. The van der Waals surface area contributed by atoms with Crippen LogP contribution in [0.25, 0.3) is 0 Å². The minimum absolute atomic E-state index is 0.141. The van der Waals surface area contributed by atoms with Crippen molar-refractivity contribution in [2.24, 2.45) is 0 Å². The van der Waals surface area contributed by atoms with E-state index >= 15 is 0 Å². The number of carbonyl (C=O) groups is 2. The van der Waals surface area contributed by atoms with E-state index in [4.69, 9.17) is 0 Å². The van der Waals surface area contributed by atoms with Gasteiger partial charge in [-0.3, -0.25) is 9.59 Å². The lowest BCUT2D eigenvalue weighted by Crippen LogP contribution is -2.04. The van der Waals surface area contributed by atoms with Gasteiger partial charge in [0.1, 0.15) is 5.69 Å². The molecule has 0 saturated carbocycles. The normalized spacial score (nSPS) is 10.1. The summed E-state index contributed by atoms with van der Waals surface area (Å²) in [5.74, 6) is -0.425. The lowest BCUT2D eigenvalue weighted by molar-refractivity contribution is 0.0954. The highest BCUT2D eigenvalue weighted by atomic mass is 16.5. The molecule has 0 unspecified atom stereocenters. The number of aromatic nitrogens is 1. The summed E-state index contributed by atoms with van der Waals surface area (Å²) in [6.45, 7) is 4.32. The monoisotopic (exact) mass is 181 g/mol. The molecule has 0 aromatic carbocycles. The lowest BCUT2D eigenvalue weighted by Gasteiger charge is -1.98. The molecule has 4 heteroatoms. The van der Waals surface area contributed by atoms with Gasteiger partial charge in [0.15, 0.2) is 11.6 Å². The van der Waals surface area contributed by atoms with Crippen molar-refractivity contribution >= 4 is 11.6 Å². The van der Waals surface area contributed by atoms with E-state index in [0.717, 1.165) is 4.73 Å². The molecule has 0 saturated heterocycles. The van der Waals surface area contributed by atoms with Crippen molar-refractivity contribution in [2.75, 3.05) is 0 Å². The summed E-state index contributed by atoms with van der Waals surface area (Å²) in [5, 5.41) is 9.38. The Balaban J connectivity index is 3.36. The second-order valence-corrected chi connectivity index (χ2v) is 2.95. The van der Waals surface area contributed by atoms with Gasteiger partial charge in [-0.25, -0.2) is 0 Å². The Labute approximate surface area is 75.7 Å². The molecule has 0 aliphatic carbocycles. The van der Waals surface area contributed by atoms with Crippen molar-refractivity contribution in [3.8, 4) is 0 Å². The summed E-state index contributed by atoms with van der Waals surface area (Å²) < 4.78 is 0.749. The molecule has 1 heterocycles. The van der Waals surface area contributed by atoms with Gasteiger partial charge in [-0.2, -0.15) is 4.73 Å². The van der Waals surface area contributed by atoms with E-state index in [9.17, 15) is 14.8 Å². The van der Waals surface area contributed by atoms with Crippen molar-refractivity contribution in [1.82, 2.24) is 4.73 Å². The van der Waals surface area contributed by atoms with Crippen LogP contribution in [-0.4, -0.2) is 21.5 Å². The van der Waals surface area contributed by atoms with Crippen LogP contribution in [0.3, 0.4) is 0 Å². The first kappa shape index (κ1) is 9.51. The smallest absolute Gasteiger partial charge is 0.179 e. The van der Waals surface area contributed by atoms with Crippen molar-refractivity contribution < 1.29 is 14.8 Å². The third kappa shape index (κ3) is 1.47. The fourth-order valence-corrected chi connectivity index (χ4v) is 1.20. The number of Topliss-reactive ketones (excluding diaryl/α,β-unsaturated/α-hetero) is 2. The van der Waals surface area contributed by atoms with Crippen LogP contribution in [0.1, 0.15) is 40.4 Å². The molecule has 0 amide bonds. The highest BCUT2D eigenvalue weighted by molar-refractivity contribution is 6.00. The fourth-order valence-electron chi connectivity index (χ4n) is 1.20. The number of ketones is 2. The predicted octanol–water partition coefficient (Wildman–Crippen LogP) is 1.44. The van der Waals surface area contributed by atoms with Gasteiger partial charge in [-0.15, -0.1) is 0 Å². The fraction of sp³-hybridized carbons (Fsp3) is 0.333. The molecular formula is C9H11NO3. The standard InChI is InChI=1S/C9H11NO3/c1-5-8(6(2)11)4-9(7(3)12)10(5)13/h4,13H,1-3H3. The van der Waals surface area contributed by atoms with E-state index in [2.05, 4.69) is 0 Å². The molecule has 70 valence electrons. The summed E-state index contributed by atoms with van der Waals surface area (Å²) in [6.07, 6.45) is 0. The summed E-state index contributed by atoms with van der Waals surface area (Å²) in [6, 6.07) is 1.40. The molecule has 1 aromatic heterocycles. The molecular weight excluding hydrogens is 170 g/mol. The van der Waals surface area contributed by atoms with Crippen LogP contribution in [-0.2, 0) is 0 Å². The highest BCUT2D eigenvalue weighted by Gasteiger charge is 2.16. The van der Waals surface area contributed by atoms with Crippen LogP contribution in [0.4, 0.5) is 0 Å². The summed E-state index contributed by atoms with van der Waals surface area (Å²) >= 11 is 0. The zero-order valence-electron chi connectivity index (χ0n) is 7.79. The van der Waals surface area contributed by atoms with E-state index in [0.29, 0.717) is 11.3 Å². The highest BCUT2D eigenvalue weighted by Crippen LogP contribution is 2.14. The van der Waals surface area contributed by atoms with Gasteiger partial charge in [0.2, 0.25) is 0 Å². The van der Waals surface area contributed by atoms with Crippen molar-refractivity contribution in [3.05, 3.63) is 23.0 Å². The molecule has 0 atom stereocenters. The maximum absolute atomic E-state index is 11.0. The van der Waals surface area contributed by atoms with Gasteiger partial charge >= 0.3 is 0 Å². The first-order chi connectivity index (χ1) is 5.95. The molecule has 0 bridgehead atoms. The van der Waals surface area contributed by atoms with Gasteiger partial charge < -0.3 is 5.21 Å². The lowest BCUT2D eigenvalue weighted by atomic mass is 10.2. The van der Waals surface area contributed by atoms with Gasteiger partial charge in [0.25, 0.3) is 0 Å². The van der Waals surface area contributed by atoms with E-state index in [1.165, 1.54) is 19.9 Å². The summed E-state index contributed by atoms with van der Waals surface area (Å²) in [7, 11) is 0. The quantitative estimate of drug-likeness (QED) is 0.554. The Morgan fingerprint density at radius 1 is 1.31 bits per heavy atom. The number of nitrogens with zero attached hydrogens (tertiary/aromatic N) is 1. The molecule has 0 aliphatic heterocycles. The van der Waals surface area contributed by atoms with E-state index in [-0.39, 0.29) is 17.3 Å². The largest absolute Gasteiger partial charge is 0.428 e. The van der Waals surface area contributed by atoms with Gasteiger partial charge in [0, 0.05) is 12.5 Å². The van der Waals surface area contributed by atoms with Crippen LogP contribution in [0.2, 0.25) is 0 Å². The van der Waals surface area contributed by atoms with E-state index < -0.39 is 0 Å². The average molecular weight is 181 g/mol. The number of hydrogen-bond donors (Lipinski definition) is 1. The van der Waals surface area contributed by atoms with Crippen molar-refractivity contribution in [3.63, 3.8) is 0 Å². The van der Waals surface area contributed by atoms with Crippen LogP contribution in [0.5, 0.6) is 0 Å². The van der Waals surface area contributed by atoms with Crippen LogP contribution < -0.4 is 0 Å². The maximum atomic E-state index is 11.0. The zero-order chi connectivity index (χ0) is 10.2. The van der Waals surface area contributed by atoms with Crippen molar-refractivity contribution in [1.29, 1.82) is 0 Å². The maximum Gasteiger partial charge on any atom is 0.179 e. The molecule has 0 radical (unpaired) electrons. The first-order valence-corrected chi connectivity index (χ1v) is 3.88. The molecule has 0 fully saturated rings. The Hall–Kier alpha value is -1.58. The molecule has 1 rings (SSSR count). The van der Waals surface area contributed by atoms with Crippen LogP contribution >= 0.6 is 0 Å². The third-order valence-electron chi connectivity index (χ3n) is 1.96. The van der Waals surface area contributed by atoms with Crippen LogP contribution in [0.15, 0.2) is 6.07 Å². The Morgan fingerprint density at radius 2 is 1.85 bits per heavy atom. The van der Waals surface area contributed by atoms with Gasteiger partial charge in [-0.05, 0) is 19.9 Å². The average Bonchev–Trinajstić information content (AvgIpc) is 2.29. The van der Waals surface area contributed by atoms with Gasteiger partial charge in [0.05, 0.1) is 5.69 Å². The van der Waals surface area contributed by atoms with E-state index in [1.54, 1.807) is 6.92 Å². The molecule has 0 spiro atoms. The van der Waals surface area contributed by atoms with Crippen molar-refractivity contribution in [2.45, 2.75) is 20.8 Å². The summed E-state index contributed by atoms with van der Waals surface area (Å²) in [4.78, 5) is 22.0. The number of hydrogen-bond acceptors (Lipinski definition) is 3. The molecule has 0 aliphatic rings. The minimum atomic E-state index is -0.266. The zero-order valence-corrected chi connectivity index (χ0v) is 7.79. The molecule has 4 nitrogen and oxygen atoms in total. The second kappa shape index (κ2) is 3.05. The van der Waals surface area contributed by atoms with Gasteiger partial charge in [-0.1, -0.05) is 0 Å². The SMILES string of the molecule is CC(=O)c1cc(C(C)=O)n(O)c1C. The minimum Gasteiger partial charge on any atom is -0.428 e. The third-order valence-corrected chi connectivity index (χ3v) is 1.96.